The van der Waals surface area contributed by atoms with Gasteiger partial charge in [-0.15, -0.1) is 0 Å². The third-order valence-electron chi connectivity index (χ3n) is 10.6. The average Bonchev–Trinajstić information content (AvgIpc) is 3.79. The topological polar surface area (TPSA) is 52.1 Å². The molecule has 0 unspecified atom stereocenters. The minimum atomic E-state index is -0.123. The number of hydrogen-bond donors (Lipinski definition) is 0. The molecule has 52 heavy (non-hydrogen) atoms. The van der Waals surface area contributed by atoms with Crippen molar-refractivity contribution in [3.63, 3.8) is 0 Å². The Morgan fingerprint density at radius 2 is 1.23 bits per heavy atom. The lowest BCUT2D eigenvalue weighted by Gasteiger charge is -2.20. The van der Waals surface area contributed by atoms with E-state index in [0.717, 1.165) is 78.0 Å². The van der Waals surface area contributed by atoms with Gasteiger partial charge in [-0.05, 0) is 94.8 Å². The van der Waals surface area contributed by atoms with Gasteiger partial charge in [0.15, 0.2) is 0 Å². The quantitative estimate of drug-likeness (QED) is 0.174. The van der Waals surface area contributed by atoms with E-state index in [-0.39, 0.29) is 5.41 Å². The minimum absolute atomic E-state index is 0.123. The van der Waals surface area contributed by atoms with Gasteiger partial charge in [0.2, 0.25) is 0 Å². The number of nitrogens with zero attached hydrogens (tertiary/aromatic N) is 2. The molecule has 4 nitrogen and oxygen atoms in total. The summed E-state index contributed by atoms with van der Waals surface area (Å²) < 4.78 is 12.6. The van der Waals surface area contributed by atoms with Gasteiger partial charge in [-0.2, -0.15) is 0 Å². The largest absolute Gasteiger partial charge is 0.456 e. The second kappa shape index (κ2) is 12.3. The Morgan fingerprint density at radius 3 is 1.96 bits per heavy atom. The van der Waals surface area contributed by atoms with Crippen LogP contribution in [0.5, 0.6) is 0 Å². The van der Waals surface area contributed by atoms with Crippen LogP contribution in [0.4, 0.5) is 0 Å². The van der Waals surface area contributed by atoms with E-state index in [4.69, 9.17) is 18.8 Å². The highest BCUT2D eigenvalue weighted by Gasteiger charge is 2.37. The van der Waals surface area contributed by atoms with Crippen molar-refractivity contribution in [1.82, 2.24) is 9.97 Å². The lowest BCUT2D eigenvalue weighted by atomic mass is 9.83. The van der Waals surface area contributed by atoms with Crippen LogP contribution in [0.2, 0.25) is 0 Å². The van der Waals surface area contributed by atoms with Crippen molar-refractivity contribution in [3.8, 4) is 33.8 Å². The SMILES string of the molecule is C/C=C\CC(C)C.CC1(C)c2cccnc2-c2nc(-c3ccc(-c4ccc5oc6cc7c(cc6c5c4)oc4ccccc47)c4ccccc34)ccc21. The number of furan rings is 2. The summed E-state index contributed by atoms with van der Waals surface area (Å²) in [5, 5.41) is 6.65. The molecular weight excluding hydrogens is 637 g/mol. The van der Waals surface area contributed by atoms with Crippen molar-refractivity contribution in [2.45, 2.75) is 46.5 Å². The summed E-state index contributed by atoms with van der Waals surface area (Å²) in [6.07, 6.45) is 7.38. The molecule has 0 spiro atoms. The summed E-state index contributed by atoms with van der Waals surface area (Å²) in [5.74, 6) is 0.816. The molecule has 0 N–H and O–H groups in total. The monoisotopic (exact) mass is 676 g/mol. The Morgan fingerprint density at radius 1 is 0.596 bits per heavy atom. The van der Waals surface area contributed by atoms with Gasteiger partial charge >= 0.3 is 0 Å². The first kappa shape index (κ1) is 31.9. The third-order valence-corrected chi connectivity index (χ3v) is 10.6. The molecule has 0 atom stereocenters. The smallest absolute Gasteiger partial charge is 0.136 e. The number of pyridine rings is 2. The van der Waals surface area contributed by atoms with E-state index < -0.39 is 0 Å². The summed E-state index contributed by atoms with van der Waals surface area (Å²) >= 11 is 0. The van der Waals surface area contributed by atoms with Gasteiger partial charge in [0, 0.05) is 38.7 Å². The minimum Gasteiger partial charge on any atom is -0.456 e. The van der Waals surface area contributed by atoms with Crippen LogP contribution in [-0.2, 0) is 5.41 Å². The summed E-state index contributed by atoms with van der Waals surface area (Å²) in [4.78, 5) is 9.98. The molecule has 5 aromatic carbocycles. The molecule has 0 bridgehead atoms. The zero-order chi connectivity index (χ0) is 35.6. The van der Waals surface area contributed by atoms with Crippen LogP contribution in [0.25, 0.3) is 88.4 Å². The molecular formula is C48H40N2O2. The second-order valence-electron chi connectivity index (χ2n) is 14.8. The normalized spacial score (nSPS) is 13.4. The Labute approximate surface area is 303 Å². The summed E-state index contributed by atoms with van der Waals surface area (Å²) in [7, 11) is 0. The average molecular weight is 677 g/mol. The van der Waals surface area contributed by atoms with Crippen LogP contribution in [0, 0.1) is 5.92 Å². The van der Waals surface area contributed by atoms with E-state index in [0.29, 0.717) is 0 Å². The molecule has 1 aliphatic carbocycles. The van der Waals surface area contributed by atoms with Crippen molar-refractivity contribution >= 4 is 54.6 Å². The fraction of sp³-hybridized carbons (Fsp3) is 0.167. The Kier molecular flexibility index (Phi) is 7.58. The molecule has 1 aliphatic rings. The van der Waals surface area contributed by atoms with Crippen molar-refractivity contribution in [2.75, 3.05) is 0 Å². The van der Waals surface area contributed by atoms with Gasteiger partial charge in [0.25, 0.3) is 0 Å². The lowest BCUT2D eigenvalue weighted by molar-refractivity contribution is 0.658. The Hall–Kier alpha value is -6.00. The van der Waals surface area contributed by atoms with Crippen molar-refractivity contribution in [2.24, 2.45) is 5.92 Å². The van der Waals surface area contributed by atoms with Crippen LogP contribution in [0.1, 0.15) is 52.2 Å². The van der Waals surface area contributed by atoms with Crippen molar-refractivity contribution in [1.29, 1.82) is 0 Å². The third kappa shape index (κ3) is 5.12. The molecule has 0 fully saturated rings. The van der Waals surface area contributed by atoms with Crippen molar-refractivity contribution in [3.05, 3.63) is 145 Å². The van der Waals surface area contributed by atoms with E-state index in [1.807, 2.05) is 30.5 Å². The first-order valence-corrected chi connectivity index (χ1v) is 18.2. The van der Waals surface area contributed by atoms with Crippen LogP contribution in [-0.4, -0.2) is 9.97 Å². The summed E-state index contributed by atoms with van der Waals surface area (Å²) in [6, 6.07) is 40.5. The van der Waals surface area contributed by atoms with E-state index in [1.165, 1.54) is 33.9 Å². The maximum absolute atomic E-state index is 6.36. The van der Waals surface area contributed by atoms with Gasteiger partial charge in [0.1, 0.15) is 22.3 Å². The van der Waals surface area contributed by atoms with Crippen LogP contribution < -0.4 is 0 Å². The summed E-state index contributed by atoms with van der Waals surface area (Å²) in [5.41, 5.74) is 12.2. The maximum Gasteiger partial charge on any atom is 0.136 e. The van der Waals surface area contributed by atoms with Crippen LogP contribution in [0.3, 0.4) is 0 Å². The molecule has 0 saturated heterocycles. The maximum atomic E-state index is 6.36. The number of rotatable bonds is 4. The molecule has 0 aliphatic heterocycles. The van der Waals surface area contributed by atoms with E-state index >= 15 is 0 Å². The highest BCUT2D eigenvalue weighted by atomic mass is 16.3. The van der Waals surface area contributed by atoms with Gasteiger partial charge in [-0.1, -0.05) is 113 Å². The first-order chi connectivity index (χ1) is 25.3. The predicted molar refractivity (Wildman–Crippen MR) is 217 cm³/mol. The van der Waals surface area contributed by atoms with Gasteiger partial charge in [-0.3, -0.25) is 4.98 Å². The second-order valence-corrected chi connectivity index (χ2v) is 14.8. The number of aromatic nitrogens is 2. The van der Waals surface area contributed by atoms with E-state index in [9.17, 15) is 0 Å². The zero-order valence-electron chi connectivity index (χ0n) is 30.2. The summed E-state index contributed by atoms with van der Waals surface area (Å²) in [6.45, 7) is 11.0. The molecule has 254 valence electrons. The number of allylic oxidation sites excluding steroid dienone is 2. The molecule has 0 saturated carbocycles. The van der Waals surface area contributed by atoms with Gasteiger partial charge in [0.05, 0.1) is 17.1 Å². The molecule has 10 rings (SSSR count). The number of benzene rings is 5. The molecule has 4 heteroatoms. The Balaban J connectivity index is 0.000000471. The molecule has 9 aromatic rings. The highest BCUT2D eigenvalue weighted by molar-refractivity contribution is 6.15. The first-order valence-electron chi connectivity index (χ1n) is 18.2. The fourth-order valence-electron chi connectivity index (χ4n) is 7.88. The molecule has 4 heterocycles. The van der Waals surface area contributed by atoms with Crippen molar-refractivity contribution < 1.29 is 8.83 Å². The molecule has 4 aromatic heterocycles. The van der Waals surface area contributed by atoms with Crippen LogP contribution in [0.15, 0.2) is 142 Å². The molecule has 0 radical (unpaired) electrons. The standard InChI is InChI=1S/C41H26N2O2.C7H14/c1-41(2)32-11-7-19-42-39(32)40-33(41)16-17-34(43-40)27-15-14-24(25-8-3-4-9-26(25)27)23-13-18-36-29(20-23)31-22-37-30(21-38(31)45-36)28-10-5-6-12-35(28)44-37;1-4-5-6-7(2)3/h3-22H,1-2H3;4-5,7H,6H2,1-3H3/b;5-4-. The zero-order valence-corrected chi connectivity index (χ0v) is 30.2. The van der Waals surface area contributed by atoms with Gasteiger partial charge in [-0.25, -0.2) is 4.98 Å². The van der Waals surface area contributed by atoms with E-state index in [1.54, 1.807) is 0 Å². The lowest BCUT2D eigenvalue weighted by Crippen LogP contribution is -2.15. The van der Waals surface area contributed by atoms with E-state index in [2.05, 4.69) is 138 Å². The van der Waals surface area contributed by atoms with Gasteiger partial charge < -0.3 is 8.83 Å². The predicted octanol–water partition coefficient (Wildman–Crippen LogP) is 13.7. The Bertz CT molecular complexity index is 2850. The number of fused-ring (bicyclic) bond motifs is 10. The van der Waals surface area contributed by atoms with Crippen LogP contribution >= 0.6 is 0 Å². The number of hydrogen-bond acceptors (Lipinski definition) is 4. The molecule has 0 amide bonds. The number of para-hydroxylation sites is 1. The highest BCUT2D eigenvalue weighted by Crippen LogP contribution is 2.48. The fourth-order valence-corrected chi connectivity index (χ4v) is 7.88.